The Hall–Kier alpha value is -2.39. The molecule has 0 saturated carbocycles. The van der Waals surface area contributed by atoms with Crippen LogP contribution in [0.2, 0.25) is 0 Å². The van der Waals surface area contributed by atoms with Gasteiger partial charge in [0, 0.05) is 37.8 Å². The zero-order chi connectivity index (χ0) is 15.6. The molecule has 0 aliphatic carbocycles. The van der Waals surface area contributed by atoms with Crippen LogP contribution < -0.4 is 4.90 Å². The van der Waals surface area contributed by atoms with Crippen molar-refractivity contribution in [3.8, 4) is 11.1 Å². The maximum atomic E-state index is 4.70. The smallest absolute Gasteiger partial charge is 0.136 e. The second-order valence-corrected chi connectivity index (χ2v) is 6.23. The molecule has 0 spiro atoms. The van der Waals surface area contributed by atoms with Gasteiger partial charge in [-0.3, -0.25) is 0 Å². The minimum Gasteiger partial charge on any atom is -0.354 e. The van der Waals surface area contributed by atoms with E-state index < -0.39 is 0 Å². The molecule has 116 valence electrons. The molecule has 0 bridgehead atoms. The van der Waals surface area contributed by atoms with Crippen LogP contribution in [0.3, 0.4) is 0 Å². The summed E-state index contributed by atoms with van der Waals surface area (Å²) in [6.07, 6.45) is 1.93. The number of fused-ring (bicyclic) bond motifs is 1. The molecule has 1 aliphatic heterocycles. The van der Waals surface area contributed by atoms with Crippen molar-refractivity contribution in [3.05, 3.63) is 60.8 Å². The van der Waals surface area contributed by atoms with Crippen molar-refractivity contribution in [3.63, 3.8) is 0 Å². The maximum Gasteiger partial charge on any atom is 0.136 e. The van der Waals surface area contributed by atoms with Crippen molar-refractivity contribution in [1.29, 1.82) is 0 Å². The van der Waals surface area contributed by atoms with Gasteiger partial charge in [-0.05, 0) is 35.7 Å². The van der Waals surface area contributed by atoms with Gasteiger partial charge >= 0.3 is 0 Å². The Balaban J connectivity index is 1.79. The molecule has 3 heteroatoms. The number of piperazine rings is 1. The summed E-state index contributed by atoms with van der Waals surface area (Å²) in [5, 5.41) is 2.51. The fourth-order valence-electron chi connectivity index (χ4n) is 3.23. The summed E-state index contributed by atoms with van der Waals surface area (Å²) < 4.78 is 0. The molecule has 0 N–H and O–H groups in total. The second-order valence-electron chi connectivity index (χ2n) is 6.23. The van der Waals surface area contributed by atoms with Gasteiger partial charge in [0.15, 0.2) is 0 Å². The molecule has 2 heterocycles. The monoisotopic (exact) mass is 303 g/mol. The molecule has 3 aromatic rings. The normalized spacial score (nSPS) is 16.0. The number of hydrogen-bond acceptors (Lipinski definition) is 3. The zero-order valence-corrected chi connectivity index (χ0v) is 13.4. The molecular weight excluding hydrogens is 282 g/mol. The average Bonchev–Trinajstić information content (AvgIpc) is 2.62. The quantitative estimate of drug-likeness (QED) is 0.720. The fourth-order valence-corrected chi connectivity index (χ4v) is 3.23. The van der Waals surface area contributed by atoms with Crippen LogP contribution in [0.5, 0.6) is 0 Å². The van der Waals surface area contributed by atoms with Crippen molar-refractivity contribution >= 4 is 16.6 Å². The van der Waals surface area contributed by atoms with Crippen LogP contribution in [0.1, 0.15) is 0 Å². The lowest BCUT2D eigenvalue weighted by atomic mass is 10.0. The van der Waals surface area contributed by atoms with Gasteiger partial charge in [-0.15, -0.1) is 0 Å². The van der Waals surface area contributed by atoms with Crippen LogP contribution in [-0.4, -0.2) is 43.1 Å². The lowest BCUT2D eigenvalue weighted by Crippen LogP contribution is -2.44. The summed E-state index contributed by atoms with van der Waals surface area (Å²) in [4.78, 5) is 9.48. The van der Waals surface area contributed by atoms with Crippen molar-refractivity contribution in [2.45, 2.75) is 0 Å². The highest BCUT2D eigenvalue weighted by Gasteiger charge is 2.17. The number of hydrogen-bond donors (Lipinski definition) is 0. The molecule has 1 saturated heterocycles. The molecule has 23 heavy (non-hydrogen) atoms. The van der Waals surface area contributed by atoms with Gasteiger partial charge in [0.2, 0.25) is 0 Å². The zero-order valence-electron chi connectivity index (χ0n) is 13.4. The summed E-state index contributed by atoms with van der Waals surface area (Å²) in [5.41, 5.74) is 2.50. The summed E-state index contributed by atoms with van der Waals surface area (Å²) in [6.45, 7) is 4.27. The second kappa shape index (κ2) is 6.01. The van der Waals surface area contributed by atoms with E-state index in [2.05, 4.69) is 71.4 Å². The molecule has 0 amide bonds. The van der Waals surface area contributed by atoms with Gasteiger partial charge in [-0.1, -0.05) is 42.5 Å². The number of benzene rings is 2. The number of rotatable bonds is 2. The third-order valence-electron chi connectivity index (χ3n) is 4.66. The van der Waals surface area contributed by atoms with E-state index in [1.54, 1.807) is 0 Å². The van der Waals surface area contributed by atoms with Gasteiger partial charge in [0.05, 0.1) is 0 Å². The molecular formula is C20H21N3. The predicted molar refractivity (Wildman–Crippen MR) is 96.9 cm³/mol. The predicted octanol–water partition coefficient (Wildman–Crippen LogP) is 3.65. The summed E-state index contributed by atoms with van der Waals surface area (Å²) in [7, 11) is 2.18. The lowest BCUT2D eigenvalue weighted by molar-refractivity contribution is 0.312. The minimum absolute atomic E-state index is 1.04. The van der Waals surface area contributed by atoms with Crippen LogP contribution in [0.15, 0.2) is 60.8 Å². The van der Waals surface area contributed by atoms with Crippen molar-refractivity contribution in [2.24, 2.45) is 0 Å². The summed E-state index contributed by atoms with van der Waals surface area (Å²) >= 11 is 0. The van der Waals surface area contributed by atoms with E-state index in [1.807, 2.05) is 6.20 Å². The van der Waals surface area contributed by atoms with E-state index >= 15 is 0 Å². The topological polar surface area (TPSA) is 19.4 Å². The van der Waals surface area contributed by atoms with Crippen molar-refractivity contribution in [2.75, 3.05) is 38.1 Å². The van der Waals surface area contributed by atoms with Crippen molar-refractivity contribution in [1.82, 2.24) is 9.88 Å². The lowest BCUT2D eigenvalue weighted by Gasteiger charge is -2.33. The minimum atomic E-state index is 1.04. The maximum absolute atomic E-state index is 4.70. The summed E-state index contributed by atoms with van der Waals surface area (Å²) in [5.74, 6) is 1.12. The Labute approximate surface area is 137 Å². The van der Waals surface area contributed by atoms with E-state index in [-0.39, 0.29) is 0 Å². The number of aromatic nitrogens is 1. The molecule has 1 aromatic heterocycles. The first-order valence-electron chi connectivity index (χ1n) is 8.19. The molecule has 1 fully saturated rings. The van der Waals surface area contributed by atoms with Crippen LogP contribution in [0, 0.1) is 0 Å². The van der Waals surface area contributed by atoms with Crippen LogP contribution >= 0.6 is 0 Å². The van der Waals surface area contributed by atoms with Crippen LogP contribution in [-0.2, 0) is 0 Å². The van der Waals surface area contributed by atoms with Gasteiger partial charge in [0.25, 0.3) is 0 Å². The first kappa shape index (κ1) is 14.2. The van der Waals surface area contributed by atoms with E-state index in [9.17, 15) is 0 Å². The number of pyridine rings is 1. The Morgan fingerprint density at radius 3 is 2.39 bits per heavy atom. The molecule has 0 radical (unpaired) electrons. The highest BCUT2D eigenvalue weighted by molar-refractivity contribution is 5.95. The van der Waals surface area contributed by atoms with Gasteiger partial charge in [0.1, 0.15) is 5.82 Å². The largest absolute Gasteiger partial charge is 0.354 e. The molecule has 3 nitrogen and oxygen atoms in total. The van der Waals surface area contributed by atoms with Crippen LogP contribution in [0.25, 0.3) is 21.9 Å². The Bertz CT molecular complexity index is 805. The molecule has 0 unspecified atom stereocenters. The highest BCUT2D eigenvalue weighted by atomic mass is 15.3. The number of nitrogens with zero attached hydrogens (tertiary/aromatic N) is 3. The third-order valence-corrected chi connectivity index (χ3v) is 4.66. The highest BCUT2D eigenvalue weighted by Crippen LogP contribution is 2.30. The fraction of sp³-hybridized carbons (Fsp3) is 0.250. The van der Waals surface area contributed by atoms with Crippen LogP contribution in [0.4, 0.5) is 5.82 Å². The first-order chi connectivity index (χ1) is 11.3. The SMILES string of the molecule is CN1CCN(c2nccc3ccc(-c4ccccc4)cc23)CC1. The van der Waals surface area contributed by atoms with Crippen molar-refractivity contribution < 1.29 is 0 Å². The Morgan fingerprint density at radius 1 is 0.826 bits per heavy atom. The standard InChI is InChI=1S/C20H21N3/c1-22-11-13-23(14-12-22)20-19-15-18(16-5-3-2-4-6-16)8-7-17(19)9-10-21-20/h2-10,15H,11-14H2,1H3. The van der Waals surface area contributed by atoms with E-state index in [4.69, 9.17) is 4.98 Å². The van der Waals surface area contributed by atoms with Gasteiger partial charge in [-0.2, -0.15) is 0 Å². The number of anilines is 1. The van der Waals surface area contributed by atoms with E-state index in [1.165, 1.54) is 21.9 Å². The number of likely N-dealkylation sites (N-methyl/N-ethyl adjacent to an activating group) is 1. The Morgan fingerprint density at radius 2 is 1.61 bits per heavy atom. The average molecular weight is 303 g/mol. The molecule has 0 atom stereocenters. The molecule has 4 rings (SSSR count). The molecule has 2 aromatic carbocycles. The Kier molecular flexibility index (Phi) is 3.72. The first-order valence-corrected chi connectivity index (χ1v) is 8.19. The summed E-state index contributed by atoms with van der Waals surface area (Å²) in [6, 6.07) is 19.3. The van der Waals surface area contributed by atoms with Gasteiger partial charge in [-0.25, -0.2) is 4.98 Å². The third kappa shape index (κ3) is 2.80. The van der Waals surface area contributed by atoms with E-state index in [0.717, 1.165) is 32.0 Å². The van der Waals surface area contributed by atoms with Gasteiger partial charge < -0.3 is 9.80 Å². The molecule has 1 aliphatic rings. The van der Waals surface area contributed by atoms with E-state index in [0.29, 0.717) is 0 Å².